The number of aliphatic hydroxyl groups is 1. The molecule has 0 aliphatic heterocycles. The van der Waals surface area contributed by atoms with E-state index in [2.05, 4.69) is 62.5 Å². The van der Waals surface area contributed by atoms with Gasteiger partial charge in [0.25, 0.3) is 0 Å². The van der Waals surface area contributed by atoms with E-state index in [0.717, 1.165) is 42.4 Å². The second-order valence-electron chi connectivity index (χ2n) is 18.2. The van der Waals surface area contributed by atoms with Gasteiger partial charge in [-0.1, -0.05) is 152 Å². The van der Waals surface area contributed by atoms with E-state index < -0.39 is 0 Å². The molecular formula is C50H88O. The lowest BCUT2D eigenvalue weighted by atomic mass is 9.48. The molecule has 0 aromatic rings. The molecule has 3 saturated carbocycles. The Hall–Kier alpha value is -1.08. The van der Waals surface area contributed by atoms with Crippen molar-refractivity contribution in [1.82, 2.24) is 0 Å². The SMILES string of the molecule is CCCCC/C=C\C/C=C\CCCCCCCCC1(CCCCCCCC/C=C\C/C=C\CCCCC)CC2(C[C@H]3CC(CCCO)C[C@H]3C2)C1. The first-order valence-electron chi connectivity index (χ1n) is 23.3. The number of hydrogen-bond acceptors (Lipinski definition) is 1. The molecule has 0 aromatic carbocycles. The average Bonchev–Trinajstić information content (AvgIpc) is 3.66. The summed E-state index contributed by atoms with van der Waals surface area (Å²) in [7, 11) is 0. The molecule has 0 amide bonds. The van der Waals surface area contributed by atoms with Crippen LogP contribution in [0.2, 0.25) is 0 Å². The van der Waals surface area contributed by atoms with Crippen molar-refractivity contribution in [2.75, 3.05) is 6.61 Å². The standard InChI is InChI=1S/C50H88O/c1-3-5-7-9-11-13-15-17-19-21-23-25-27-29-31-33-37-49(44-50(45-49)42-47-40-46(36-35-39-51)41-48(47)43-50)38-34-32-30-28-26-24-22-20-18-16-14-12-10-8-6-4-2/h11-14,17-20,46-48,51H,3-10,15-16,21-45H2,1-2H3/b13-11-,14-12-,19-17-,20-18-/t46?,47-,48+. The molecule has 3 atom stereocenters. The van der Waals surface area contributed by atoms with Crippen LogP contribution in [0.15, 0.2) is 48.6 Å². The van der Waals surface area contributed by atoms with Crippen LogP contribution in [0.1, 0.15) is 232 Å². The van der Waals surface area contributed by atoms with Crippen LogP contribution in [-0.4, -0.2) is 11.7 Å². The maximum absolute atomic E-state index is 9.33. The van der Waals surface area contributed by atoms with Crippen molar-refractivity contribution in [3.63, 3.8) is 0 Å². The van der Waals surface area contributed by atoms with E-state index in [0.29, 0.717) is 12.0 Å². The third-order valence-corrected chi connectivity index (χ3v) is 13.4. The first-order chi connectivity index (χ1) is 25.1. The fourth-order valence-corrected chi connectivity index (χ4v) is 10.9. The van der Waals surface area contributed by atoms with Crippen molar-refractivity contribution in [3.8, 4) is 0 Å². The monoisotopic (exact) mass is 705 g/mol. The molecule has 3 fully saturated rings. The van der Waals surface area contributed by atoms with Crippen LogP contribution in [0.4, 0.5) is 0 Å². The second kappa shape index (κ2) is 28.4. The number of aliphatic hydroxyl groups excluding tert-OH is 1. The summed E-state index contributed by atoms with van der Waals surface area (Å²) in [5.41, 5.74) is 1.42. The highest BCUT2D eigenvalue weighted by atomic mass is 16.2. The highest BCUT2D eigenvalue weighted by Crippen LogP contribution is 2.70. The summed E-state index contributed by atoms with van der Waals surface area (Å²) in [6.45, 7) is 4.95. The molecule has 1 spiro atoms. The molecule has 1 unspecified atom stereocenters. The van der Waals surface area contributed by atoms with E-state index in [1.54, 1.807) is 25.7 Å². The molecule has 0 aromatic heterocycles. The van der Waals surface area contributed by atoms with Crippen LogP contribution in [0, 0.1) is 28.6 Å². The summed E-state index contributed by atoms with van der Waals surface area (Å²) >= 11 is 0. The van der Waals surface area contributed by atoms with E-state index in [-0.39, 0.29) is 0 Å². The molecule has 0 bridgehead atoms. The highest BCUT2D eigenvalue weighted by Gasteiger charge is 2.59. The van der Waals surface area contributed by atoms with Crippen LogP contribution in [0.3, 0.4) is 0 Å². The lowest BCUT2D eigenvalue weighted by molar-refractivity contribution is -0.0584. The zero-order valence-corrected chi connectivity index (χ0v) is 34.5. The maximum Gasteiger partial charge on any atom is 0.0431 e. The Labute approximate surface area is 320 Å². The molecule has 1 heteroatoms. The van der Waals surface area contributed by atoms with Crippen molar-refractivity contribution in [2.45, 2.75) is 232 Å². The van der Waals surface area contributed by atoms with Gasteiger partial charge >= 0.3 is 0 Å². The number of allylic oxidation sites excluding steroid dienone is 8. The van der Waals surface area contributed by atoms with Gasteiger partial charge < -0.3 is 5.11 Å². The van der Waals surface area contributed by atoms with Gasteiger partial charge in [0.15, 0.2) is 0 Å². The van der Waals surface area contributed by atoms with Crippen LogP contribution < -0.4 is 0 Å². The highest BCUT2D eigenvalue weighted by molar-refractivity contribution is 5.10. The first kappa shape index (κ1) is 44.3. The Bertz CT molecular complexity index is 865. The van der Waals surface area contributed by atoms with E-state index in [9.17, 15) is 5.11 Å². The van der Waals surface area contributed by atoms with Crippen molar-refractivity contribution >= 4 is 0 Å². The van der Waals surface area contributed by atoms with Gasteiger partial charge in [0.2, 0.25) is 0 Å². The Morgan fingerprint density at radius 1 is 0.471 bits per heavy atom. The molecule has 51 heavy (non-hydrogen) atoms. The van der Waals surface area contributed by atoms with Gasteiger partial charge in [0, 0.05) is 6.61 Å². The largest absolute Gasteiger partial charge is 0.396 e. The molecule has 294 valence electrons. The third kappa shape index (κ3) is 19.2. The van der Waals surface area contributed by atoms with Crippen LogP contribution in [0.25, 0.3) is 0 Å². The van der Waals surface area contributed by atoms with Gasteiger partial charge in [-0.15, -0.1) is 0 Å². The van der Waals surface area contributed by atoms with E-state index >= 15 is 0 Å². The topological polar surface area (TPSA) is 20.2 Å². The minimum absolute atomic E-state index is 0.391. The van der Waals surface area contributed by atoms with Gasteiger partial charge in [0.05, 0.1) is 0 Å². The van der Waals surface area contributed by atoms with Crippen molar-refractivity contribution in [2.24, 2.45) is 28.6 Å². The van der Waals surface area contributed by atoms with Gasteiger partial charge in [-0.05, 0) is 157 Å². The second-order valence-corrected chi connectivity index (χ2v) is 18.2. The van der Waals surface area contributed by atoms with Gasteiger partial charge in [-0.2, -0.15) is 0 Å². The molecule has 1 N–H and O–H groups in total. The van der Waals surface area contributed by atoms with Crippen molar-refractivity contribution in [3.05, 3.63) is 48.6 Å². The number of rotatable bonds is 33. The Morgan fingerprint density at radius 2 is 0.863 bits per heavy atom. The first-order valence-corrected chi connectivity index (χ1v) is 23.3. The molecule has 0 saturated heterocycles. The quantitative estimate of drug-likeness (QED) is 0.0533. The number of unbranched alkanes of at least 4 members (excludes halogenated alkanes) is 18. The lowest BCUT2D eigenvalue weighted by Gasteiger charge is -2.57. The average molecular weight is 705 g/mol. The molecule has 3 rings (SSSR count). The van der Waals surface area contributed by atoms with Crippen LogP contribution in [-0.2, 0) is 0 Å². The van der Waals surface area contributed by atoms with Crippen LogP contribution in [0.5, 0.6) is 0 Å². The lowest BCUT2D eigenvalue weighted by Crippen LogP contribution is -2.45. The molecule has 3 aliphatic rings. The number of hydrogen-bond donors (Lipinski definition) is 1. The molecule has 3 aliphatic carbocycles. The summed E-state index contributed by atoms with van der Waals surface area (Å²) < 4.78 is 0. The summed E-state index contributed by atoms with van der Waals surface area (Å²) in [5.74, 6) is 2.97. The van der Waals surface area contributed by atoms with Crippen LogP contribution >= 0.6 is 0 Å². The predicted molar refractivity (Wildman–Crippen MR) is 227 cm³/mol. The normalized spacial score (nSPS) is 22.5. The van der Waals surface area contributed by atoms with Gasteiger partial charge in [0.1, 0.15) is 0 Å². The summed E-state index contributed by atoms with van der Waals surface area (Å²) in [6.07, 6.45) is 66.3. The third-order valence-electron chi connectivity index (χ3n) is 13.4. The molecular weight excluding hydrogens is 617 g/mol. The summed E-state index contributed by atoms with van der Waals surface area (Å²) in [4.78, 5) is 0. The van der Waals surface area contributed by atoms with E-state index in [4.69, 9.17) is 0 Å². The number of fused-ring (bicyclic) bond motifs is 1. The smallest absolute Gasteiger partial charge is 0.0431 e. The fourth-order valence-electron chi connectivity index (χ4n) is 10.9. The van der Waals surface area contributed by atoms with E-state index in [1.807, 2.05) is 0 Å². The Kier molecular flexibility index (Phi) is 24.7. The molecule has 1 nitrogen and oxygen atoms in total. The van der Waals surface area contributed by atoms with Crippen molar-refractivity contribution in [1.29, 1.82) is 0 Å². The zero-order valence-electron chi connectivity index (χ0n) is 34.5. The van der Waals surface area contributed by atoms with E-state index in [1.165, 1.54) is 173 Å². The summed E-state index contributed by atoms with van der Waals surface area (Å²) in [5, 5.41) is 9.33. The maximum atomic E-state index is 9.33. The summed E-state index contributed by atoms with van der Waals surface area (Å²) in [6, 6.07) is 0. The van der Waals surface area contributed by atoms with Crippen molar-refractivity contribution < 1.29 is 5.11 Å². The fraction of sp³-hybridized carbons (Fsp3) is 0.840. The molecule has 0 heterocycles. The molecule has 0 radical (unpaired) electrons. The predicted octanol–water partition coefficient (Wildman–Crippen LogP) is 16.4. The minimum Gasteiger partial charge on any atom is -0.396 e. The zero-order chi connectivity index (χ0) is 36.1. The van der Waals surface area contributed by atoms with Gasteiger partial charge in [-0.25, -0.2) is 0 Å². The van der Waals surface area contributed by atoms with Gasteiger partial charge in [-0.3, -0.25) is 0 Å². The minimum atomic E-state index is 0.391. The Morgan fingerprint density at radius 3 is 1.27 bits per heavy atom. The Balaban J connectivity index is 1.26.